The molecule has 20 heavy (non-hydrogen) atoms. The van der Waals surface area contributed by atoms with Gasteiger partial charge < -0.3 is 5.73 Å². The van der Waals surface area contributed by atoms with Gasteiger partial charge in [-0.2, -0.15) is 0 Å². The smallest absolute Gasteiger partial charge is 0.0485 e. The zero-order valence-electron chi connectivity index (χ0n) is 11.7. The van der Waals surface area contributed by atoms with Gasteiger partial charge in [0.2, 0.25) is 0 Å². The van der Waals surface area contributed by atoms with Gasteiger partial charge in [0, 0.05) is 28.1 Å². The molecule has 3 unspecified atom stereocenters. The Morgan fingerprint density at radius 2 is 2.10 bits per heavy atom. The summed E-state index contributed by atoms with van der Waals surface area (Å²) in [7, 11) is 0. The summed E-state index contributed by atoms with van der Waals surface area (Å²) in [4.78, 5) is 2.64. The summed E-state index contributed by atoms with van der Waals surface area (Å²) < 4.78 is 1.12. The van der Waals surface area contributed by atoms with E-state index in [0.717, 1.165) is 21.5 Å². The molecule has 1 aromatic rings. The van der Waals surface area contributed by atoms with Crippen LogP contribution >= 0.6 is 27.5 Å². The van der Waals surface area contributed by atoms with E-state index in [0.29, 0.717) is 6.54 Å². The summed E-state index contributed by atoms with van der Waals surface area (Å²) in [5.74, 6) is 0.885. The van der Waals surface area contributed by atoms with Crippen LogP contribution in [0, 0.1) is 5.92 Å². The first-order valence-electron chi connectivity index (χ1n) is 7.61. The Labute approximate surface area is 134 Å². The predicted octanol–water partition coefficient (Wildman–Crippen LogP) is 4.37. The van der Waals surface area contributed by atoms with Crippen molar-refractivity contribution in [1.29, 1.82) is 0 Å². The fourth-order valence-electron chi connectivity index (χ4n) is 4.04. The molecule has 3 rings (SSSR count). The minimum Gasteiger partial charge on any atom is -0.329 e. The lowest BCUT2D eigenvalue weighted by atomic mass is 9.84. The van der Waals surface area contributed by atoms with E-state index in [-0.39, 0.29) is 6.04 Å². The van der Waals surface area contributed by atoms with Crippen LogP contribution in [0.3, 0.4) is 0 Å². The average molecular weight is 358 g/mol. The monoisotopic (exact) mass is 356 g/mol. The molecule has 3 atom stereocenters. The van der Waals surface area contributed by atoms with Gasteiger partial charge in [0.15, 0.2) is 0 Å². The van der Waals surface area contributed by atoms with Gasteiger partial charge in [0.1, 0.15) is 0 Å². The number of hydrogen-bond acceptors (Lipinski definition) is 2. The maximum atomic E-state index is 6.18. The van der Waals surface area contributed by atoms with Crippen molar-refractivity contribution in [2.75, 3.05) is 13.1 Å². The molecule has 2 aliphatic rings. The van der Waals surface area contributed by atoms with Gasteiger partial charge >= 0.3 is 0 Å². The van der Waals surface area contributed by atoms with Crippen LogP contribution in [0.1, 0.15) is 43.7 Å². The molecule has 2 fully saturated rings. The van der Waals surface area contributed by atoms with E-state index >= 15 is 0 Å². The minimum absolute atomic E-state index is 0.288. The molecule has 4 heteroatoms. The van der Waals surface area contributed by atoms with E-state index in [9.17, 15) is 0 Å². The standard InChI is InChI=1S/C16H22BrClN2/c17-14-6-5-12(18)9-13(14)16(10-19)20-8-7-11-3-1-2-4-15(11)20/h5-6,9,11,15-16H,1-4,7-8,10,19H2. The van der Waals surface area contributed by atoms with Crippen LogP contribution in [0.4, 0.5) is 0 Å². The van der Waals surface area contributed by atoms with Crippen molar-refractivity contribution in [3.05, 3.63) is 33.3 Å². The lowest BCUT2D eigenvalue weighted by Gasteiger charge is -2.37. The summed E-state index contributed by atoms with van der Waals surface area (Å²) in [6.07, 6.45) is 6.84. The predicted molar refractivity (Wildman–Crippen MR) is 88.0 cm³/mol. The average Bonchev–Trinajstić information content (AvgIpc) is 2.88. The second-order valence-corrected chi connectivity index (χ2v) is 7.35. The Morgan fingerprint density at radius 1 is 1.30 bits per heavy atom. The molecule has 0 aromatic heterocycles. The Balaban J connectivity index is 1.88. The largest absolute Gasteiger partial charge is 0.329 e. The molecule has 1 heterocycles. The van der Waals surface area contributed by atoms with Crippen molar-refractivity contribution in [2.24, 2.45) is 11.7 Å². The van der Waals surface area contributed by atoms with Crippen molar-refractivity contribution in [2.45, 2.75) is 44.2 Å². The van der Waals surface area contributed by atoms with Crippen LogP contribution in [0.15, 0.2) is 22.7 Å². The molecule has 2 nitrogen and oxygen atoms in total. The molecule has 2 N–H and O–H groups in total. The summed E-state index contributed by atoms with van der Waals surface area (Å²) in [6, 6.07) is 7.05. The molecule has 1 aromatic carbocycles. The second kappa shape index (κ2) is 6.35. The maximum absolute atomic E-state index is 6.18. The van der Waals surface area contributed by atoms with Crippen molar-refractivity contribution in [1.82, 2.24) is 4.90 Å². The van der Waals surface area contributed by atoms with Gasteiger partial charge in [-0.3, -0.25) is 4.90 Å². The van der Waals surface area contributed by atoms with Crippen molar-refractivity contribution < 1.29 is 0 Å². The third-order valence-electron chi connectivity index (χ3n) is 4.99. The number of benzene rings is 1. The Bertz CT molecular complexity index is 480. The third-order valence-corrected chi connectivity index (χ3v) is 5.95. The van der Waals surface area contributed by atoms with Crippen molar-refractivity contribution >= 4 is 27.5 Å². The van der Waals surface area contributed by atoms with Crippen LogP contribution in [-0.4, -0.2) is 24.0 Å². The molecule has 0 amide bonds. The van der Waals surface area contributed by atoms with Crippen LogP contribution in [-0.2, 0) is 0 Å². The molecule has 0 spiro atoms. The topological polar surface area (TPSA) is 29.3 Å². The van der Waals surface area contributed by atoms with Crippen LogP contribution in [0.5, 0.6) is 0 Å². The molecule has 1 saturated carbocycles. The third kappa shape index (κ3) is 2.78. The lowest BCUT2D eigenvalue weighted by molar-refractivity contribution is 0.135. The van der Waals surface area contributed by atoms with Gasteiger partial charge in [-0.05, 0) is 55.5 Å². The first kappa shape index (κ1) is 14.8. The first-order valence-corrected chi connectivity index (χ1v) is 8.78. The molecule has 1 saturated heterocycles. The number of rotatable bonds is 3. The highest BCUT2D eigenvalue weighted by Gasteiger charge is 2.39. The minimum atomic E-state index is 0.288. The van der Waals surface area contributed by atoms with Gasteiger partial charge in [-0.1, -0.05) is 40.4 Å². The van der Waals surface area contributed by atoms with E-state index in [1.807, 2.05) is 12.1 Å². The van der Waals surface area contributed by atoms with Crippen LogP contribution < -0.4 is 5.73 Å². The number of nitrogens with zero attached hydrogens (tertiary/aromatic N) is 1. The van der Waals surface area contributed by atoms with Gasteiger partial charge in [0.25, 0.3) is 0 Å². The molecule has 0 bridgehead atoms. The molecule has 0 radical (unpaired) electrons. The second-order valence-electron chi connectivity index (χ2n) is 6.06. The normalized spacial score (nSPS) is 28.4. The quantitative estimate of drug-likeness (QED) is 0.870. The maximum Gasteiger partial charge on any atom is 0.0485 e. The molecule has 110 valence electrons. The van der Waals surface area contributed by atoms with Gasteiger partial charge in [-0.25, -0.2) is 0 Å². The summed E-state index contributed by atoms with van der Waals surface area (Å²) >= 11 is 9.85. The zero-order valence-corrected chi connectivity index (χ0v) is 14.0. The Kier molecular flexibility index (Phi) is 4.71. The molecular weight excluding hydrogens is 336 g/mol. The summed E-state index contributed by atoms with van der Waals surface area (Å²) in [5, 5.41) is 0.793. The van der Waals surface area contributed by atoms with Gasteiger partial charge in [0.05, 0.1) is 0 Å². The van der Waals surface area contributed by atoms with E-state index < -0.39 is 0 Å². The Hall–Kier alpha value is -0.0900. The zero-order chi connectivity index (χ0) is 14.1. The lowest BCUT2D eigenvalue weighted by Crippen LogP contribution is -2.40. The van der Waals surface area contributed by atoms with E-state index in [2.05, 4.69) is 26.9 Å². The van der Waals surface area contributed by atoms with Crippen LogP contribution in [0.2, 0.25) is 5.02 Å². The highest BCUT2D eigenvalue weighted by molar-refractivity contribution is 9.10. The number of halogens is 2. The molecular formula is C16H22BrClN2. The summed E-state index contributed by atoms with van der Waals surface area (Å²) in [6.45, 7) is 1.83. The highest BCUT2D eigenvalue weighted by atomic mass is 79.9. The van der Waals surface area contributed by atoms with E-state index in [1.165, 1.54) is 44.2 Å². The van der Waals surface area contributed by atoms with Crippen molar-refractivity contribution in [3.8, 4) is 0 Å². The first-order chi connectivity index (χ1) is 9.70. The Morgan fingerprint density at radius 3 is 2.90 bits per heavy atom. The number of fused-ring (bicyclic) bond motifs is 1. The fraction of sp³-hybridized carbons (Fsp3) is 0.625. The fourth-order valence-corrected chi connectivity index (χ4v) is 4.73. The summed E-state index contributed by atoms with van der Waals surface area (Å²) in [5.41, 5.74) is 7.36. The number of hydrogen-bond donors (Lipinski definition) is 1. The number of nitrogens with two attached hydrogens (primary N) is 1. The van der Waals surface area contributed by atoms with E-state index in [4.69, 9.17) is 17.3 Å². The molecule has 1 aliphatic heterocycles. The SMILES string of the molecule is NCC(c1cc(Cl)ccc1Br)N1CCC2CCCCC21. The number of likely N-dealkylation sites (tertiary alicyclic amines) is 1. The van der Waals surface area contributed by atoms with Crippen LogP contribution in [0.25, 0.3) is 0 Å². The van der Waals surface area contributed by atoms with E-state index in [1.54, 1.807) is 0 Å². The van der Waals surface area contributed by atoms with Crippen molar-refractivity contribution in [3.63, 3.8) is 0 Å². The highest BCUT2D eigenvalue weighted by Crippen LogP contribution is 2.41. The molecule has 1 aliphatic carbocycles. The van der Waals surface area contributed by atoms with Gasteiger partial charge in [-0.15, -0.1) is 0 Å².